The lowest BCUT2D eigenvalue weighted by Gasteiger charge is -2.08. The van der Waals surface area contributed by atoms with Crippen LogP contribution in [0.2, 0.25) is 0 Å². The van der Waals surface area contributed by atoms with E-state index in [1.165, 1.54) is 23.1 Å². The first kappa shape index (κ1) is 16.8. The van der Waals surface area contributed by atoms with Crippen molar-refractivity contribution in [3.05, 3.63) is 29.8 Å². The lowest BCUT2D eigenvalue weighted by Crippen LogP contribution is -2.31. The molecule has 0 saturated carbocycles. The summed E-state index contributed by atoms with van der Waals surface area (Å²) in [7, 11) is 0. The van der Waals surface area contributed by atoms with Crippen molar-refractivity contribution in [2.75, 3.05) is 11.9 Å². The van der Waals surface area contributed by atoms with Crippen LogP contribution in [0.1, 0.15) is 25.8 Å². The molecule has 0 spiro atoms. The highest BCUT2D eigenvalue weighted by Crippen LogP contribution is 2.31. The van der Waals surface area contributed by atoms with E-state index < -0.39 is 0 Å². The third-order valence-electron chi connectivity index (χ3n) is 2.99. The Balaban J connectivity index is 1.94. The van der Waals surface area contributed by atoms with Gasteiger partial charge in [-0.2, -0.15) is 0 Å². The predicted octanol–water partition coefficient (Wildman–Crippen LogP) is 3.60. The summed E-state index contributed by atoms with van der Waals surface area (Å²) in [6, 6.07) is 8.02. The van der Waals surface area contributed by atoms with Crippen molar-refractivity contribution in [1.82, 2.24) is 15.5 Å². The Morgan fingerprint density at radius 3 is 2.86 bits per heavy atom. The number of hydrogen-bond acceptors (Lipinski definition) is 6. The fourth-order valence-corrected chi connectivity index (χ4v) is 3.67. The SMILES string of the molecule is CCCNC(=O)[C@@H](C)Sc1nnc(Nc2ccccc2C)s1. The number of rotatable bonds is 7. The summed E-state index contributed by atoms with van der Waals surface area (Å²) in [4.78, 5) is 11.9. The van der Waals surface area contributed by atoms with Gasteiger partial charge < -0.3 is 10.6 Å². The minimum absolute atomic E-state index is 0.0375. The molecule has 2 N–H and O–H groups in total. The average Bonchev–Trinajstić information content (AvgIpc) is 2.94. The van der Waals surface area contributed by atoms with Crippen molar-refractivity contribution in [3.8, 4) is 0 Å². The van der Waals surface area contributed by atoms with Gasteiger partial charge in [-0.1, -0.05) is 48.2 Å². The molecule has 0 saturated heterocycles. The fourth-order valence-electron chi connectivity index (χ4n) is 1.73. The van der Waals surface area contributed by atoms with Gasteiger partial charge >= 0.3 is 0 Å². The topological polar surface area (TPSA) is 66.9 Å². The number of nitrogens with zero attached hydrogens (tertiary/aromatic N) is 2. The van der Waals surface area contributed by atoms with Crippen molar-refractivity contribution >= 4 is 39.8 Å². The van der Waals surface area contributed by atoms with Gasteiger partial charge in [0.2, 0.25) is 11.0 Å². The number of hydrogen-bond donors (Lipinski definition) is 2. The highest BCUT2D eigenvalue weighted by Gasteiger charge is 2.16. The lowest BCUT2D eigenvalue weighted by atomic mass is 10.2. The number of aryl methyl sites for hydroxylation is 1. The highest BCUT2D eigenvalue weighted by molar-refractivity contribution is 8.02. The minimum atomic E-state index is -0.175. The molecule has 0 radical (unpaired) electrons. The molecule has 0 aliphatic heterocycles. The molecule has 1 aromatic heterocycles. The van der Waals surface area contributed by atoms with Gasteiger partial charge in [0.25, 0.3) is 0 Å². The molecule has 0 aliphatic carbocycles. The van der Waals surface area contributed by atoms with Crippen molar-refractivity contribution in [2.24, 2.45) is 0 Å². The van der Waals surface area contributed by atoms with Crippen LogP contribution in [0.5, 0.6) is 0 Å². The number of anilines is 2. The Kier molecular flexibility index (Phi) is 6.21. The summed E-state index contributed by atoms with van der Waals surface area (Å²) in [5.41, 5.74) is 2.17. The molecule has 0 bridgehead atoms. The number of nitrogens with one attached hydrogen (secondary N) is 2. The second-order valence-corrected chi connectivity index (χ2v) is 7.43. The first-order valence-corrected chi connectivity index (χ1v) is 8.90. The molecule has 0 fully saturated rings. The third kappa shape index (κ3) is 4.71. The van der Waals surface area contributed by atoms with Gasteiger partial charge in [0.05, 0.1) is 5.25 Å². The lowest BCUT2D eigenvalue weighted by molar-refractivity contribution is -0.120. The number of benzene rings is 1. The molecular weight excluding hydrogens is 316 g/mol. The Morgan fingerprint density at radius 1 is 1.36 bits per heavy atom. The van der Waals surface area contributed by atoms with E-state index in [2.05, 4.69) is 20.8 Å². The fraction of sp³-hybridized carbons (Fsp3) is 0.400. The molecule has 1 atom stereocenters. The smallest absolute Gasteiger partial charge is 0.233 e. The molecule has 5 nitrogen and oxygen atoms in total. The number of carbonyl (C=O) groups is 1. The Morgan fingerprint density at radius 2 is 2.14 bits per heavy atom. The van der Waals surface area contributed by atoms with E-state index in [9.17, 15) is 4.79 Å². The van der Waals surface area contributed by atoms with E-state index in [0.717, 1.165) is 27.1 Å². The quantitative estimate of drug-likeness (QED) is 0.756. The average molecular weight is 336 g/mol. The molecule has 22 heavy (non-hydrogen) atoms. The Bertz CT molecular complexity index is 630. The zero-order valence-corrected chi connectivity index (χ0v) is 14.6. The second-order valence-electron chi connectivity index (χ2n) is 4.86. The molecule has 1 aromatic carbocycles. The van der Waals surface area contributed by atoms with Crippen LogP contribution in [0.15, 0.2) is 28.6 Å². The van der Waals surface area contributed by atoms with Gasteiger partial charge in [-0.05, 0) is 31.9 Å². The number of carbonyl (C=O) groups excluding carboxylic acids is 1. The van der Waals surface area contributed by atoms with Crippen LogP contribution >= 0.6 is 23.1 Å². The van der Waals surface area contributed by atoms with E-state index in [4.69, 9.17) is 0 Å². The van der Waals surface area contributed by atoms with E-state index in [-0.39, 0.29) is 11.2 Å². The monoisotopic (exact) mass is 336 g/mol. The number of amides is 1. The molecule has 2 aromatic rings. The minimum Gasteiger partial charge on any atom is -0.355 e. The van der Waals surface area contributed by atoms with Crippen LogP contribution in [-0.4, -0.2) is 27.9 Å². The molecule has 1 amide bonds. The van der Waals surface area contributed by atoms with Crippen LogP contribution in [0, 0.1) is 6.92 Å². The maximum atomic E-state index is 11.9. The maximum Gasteiger partial charge on any atom is 0.233 e. The molecule has 2 rings (SSSR count). The zero-order chi connectivity index (χ0) is 15.9. The van der Waals surface area contributed by atoms with Crippen molar-refractivity contribution in [2.45, 2.75) is 36.8 Å². The maximum absolute atomic E-state index is 11.9. The molecule has 0 aliphatic rings. The molecule has 7 heteroatoms. The second kappa shape index (κ2) is 8.14. The van der Waals surface area contributed by atoms with Gasteiger partial charge in [0, 0.05) is 12.2 Å². The third-order valence-corrected chi connectivity index (χ3v) is 5.01. The number of thioether (sulfide) groups is 1. The molecular formula is C15H20N4OS2. The highest BCUT2D eigenvalue weighted by atomic mass is 32.2. The summed E-state index contributed by atoms with van der Waals surface area (Å²) in [5.74, 6) is 0.0375. The Labute approximate surface area is 138 Å². The van der Waals surface area contributed by atoms with Crippen LogP contribution in [0.25, 0.3) is 0 Å². The summed E-state index contributed by atoms with van der Waals surface area (Å²) >= 11 is 2.89. The first-order chi connectivity index (χ1) is 10.6. The summed E-state index contributed by atoms with van der Waals surface area (Å²) in [6.45, 7) is 6.66. The van der Waals surface area contributed by atoms with Crippen LogP contribution in [0.4, 0.5) is 10.8 Å². The van der Waals surface area contributed by atoms with Crippen LogP contribution in [0.3, 0.4) is 0 Å². The van der Waals surface area contributed by atoms with Gasteiger partial charge in [0.15, 0.2) is 4.34 Å². The van der Waals surface area contributed by atoms with Gasteiger partial charge in [-0.25, -0.2) is 0 Å². The largest absolute Gasteiger partial charge is 0.355 e. The van der Waals surface area contributed by atoms with Crippen molar-refractivity contribution in [1.29, 1.82) is 0 Å². The molecule has 118 valence electrons. The zero-order valence-electron chi connectivity index (χ0n) is 12.9. The first-order valence-electron chi connectivity index (χ1n) is 7.20. The van der Waals surface area contributed by atoms with Crippen LogP contribution < -0.4 is 10.6 Å². The van der Waals surface area contributed by atoms with Crippen molar-refractivity contribution < 1.29 is 4.79 Å². The summed E-state index contributed by atoms with van der Waals surface area (Å²) < 4.78 is 0.787. The van der Waals surface area contributed by atoms with Gasteiger partial charge in [-0.15, -0.1) is 10.2 Å². The summed E-state index contributed by atoms with van der Waals surface area (Å²) in [6.07, 6.45) is 0.937. The molecule has 0 unspecified atom stereocenters. The predicted molar refractivity (Wildman–Crippen MR) is 93.0 cm³/mol. The van der Waals surface area contributed by atoms with E-state index in [1.54, 1.807) is 0 Å². The van der Waals surface area contributed by atoms with Crippen LogP contribution in [-0.2, 0) is 4.79 Å². The van der Waals surface area contributed by atoms with E-state index >= 15 is 0 Å². The molecule has 1 heterocycles. The van der Waals surface area contributed by atoms with Gasteiger partial charge in [-0.3, -0.25) is 4.79 Å². The number of para-hydroxylation sites is 1. The van der Waals surface area contributed by atoms with Gasteiger partial charge in [0.1, 0.15) is 0 Å². The van der Waals surface area contributed by atoms with E-state index in [0.29, 0.717) is 6.54 Å². The van der Waals surface area contributed by atoms with Crippen molar-refractivity contribution in [3.63, 3.8) is 0 Å². The standard InChI is InChI=1S/C15H20N4OS2/c1-4-9-16-13(20)11(3)21-15-19-18-14(22-15)17-12-8-6-5-7-10(12)2/h5-8,11H,4,9H2,1-3H3,(H,16,20)(H,17,18)/t11-/m1/s1. The normalized spacial score (nSPS) is 12.0. The Hall–Kier alpha value is -1.60. The van der Waals surface area contributed by atoms with E-state index in [1.807, 2.05) is 45.0 Å². The summed E-state index contributed by atoms with van der Waals surface area (Å²) in [5, 5.41) is 15.0. The number of aromatic nitrogens is 2.